The first kappa shape index (κ1) is 58.8. The van der Waals surface area contributed by atoms with Gasteiger partial charge in [-0.3, -0.25) is 14.4 Å². The van der Waals surface area contributed by atoms with Gasteiger partial charge >= 0.3 is 12.1 Å². The van der Waals surface area contributed by atoms with Gasteiger partial charge in [0.05, 0.1) is 40.7 Å². The molecule has 17 nitrogen and oxygen atoms in total. The third-order valence-electron chi connectivity index (χ3n) is 11.6. The second-order valence-corrected chi connectivity index (χ2v) is 21.3. The molecular formula is C54H58F3N9O8S4. The fourth-order valence-electron chi connectivity index (χ4n) is 8.14. The van der Waals surface area contributed by atoms with E-state index >= 15 is 0 Å². The van der Waals surface area contributed by atoms with E-state index in [0.29, 0.717) is 65.1 Å². The summed E-state index contributed by atoms with van der Waals surface area (Å²) in [7, 11) is 0. The van der Waals surface area contributed by atoms with Crippen molar-refractivity contribution in [3.05, 3.63) is 112 Å². The van der Waals surface area contributed by atoms with E-state index in [2.05, 4.69) is 71.9 Å². The molecule has 3 N–H and O–H groups in total. The Morgan fingerprint density at radius 2 is 1.56 bits per heavy atom. The third kappa shape index (κ3) is 15.7. The molecule has 78 heavy (non-hydrogen) atoms. The van der Waals surface area contributed by atoms with Crippen molar-refractivity contribution in [1.29, 1.82) is 0 Å². The highest BCUT2D eigenvalue weighted by Gasteiger charge is 2.34. The highest BCUT2D eigenvalue weighted by Crippen LogP contribution is 2.40. The van der Waals surface area contributed by atoms with Crippen LogP contribution in [0.2, 0.25) is 0 Å². The zero-order valence-corrected chi connectivity index (χ0v) is 45.5. The van der Waals surface area contributed by atoms with Gasteiger partial charge in [0.25, 0.3) is 5.22 Å². The summed E-state index contributed by atoms with van der Waals surface area (Å²) in [6, 6.07) is 17.4. The van der Waals surface area contributed by atoms with Crippen LogP contribution in [0.4, 0.5) is 29.5 Å². The number of nitrogens with one attached hydrogen (secondary N) is 3. The quantitative estimate of drug-likeness (QED) is 0.0608. The molecule has 0 bridgehead atoms. The molecule has 0 spiro atoms. The number of nitrogens with zero attached hydrogens (tertiary/aromatic N) is 6. The standard InChI is InChI=1S/C21H24N4O3S.C16H11F3N2O2S.C16H19N3O3S2.CH4/c1-3-9-25-20(16-6-4-5-14(16)2)23-24-21(25)29-13-19(26)22-15-7-8-17-18(12-15)28-11-10-27-17;17-16(18,19)10-5-1-2-6-11(10)20-14(22)9-24-15-21-12-7-3-4-8-13(12)23-15;1-2-22-16(21)14-10-5-3-4-6-11(10)24-15(14)18-12(20)9-23-13-7-8-17-19-13;/h4,6-8,12H,3,5,9-11,13H2,1-2H3,(H,22,26);1-8H,9H2,(H,20,22);8H,2-7,9H2,1H3,(H,18,20);1H4. The number of rotatable bonds is 16. The number of amides is 3. The van der Waals surface area contributed by atoms with Gasteiger partial charge in [-0.1, -0.05) is 91.6 Å². The van der Waals surface area contributed by atoms with Gasteiger partial charge in [-0.15, -0.1) is 26.6 Å². The summed E-state index contributed by atoms with van der Waals surface area (Å²) in [6.07, 6.45) is 8.07. The van der Waals surface area contributed by atoms with Crippen molar-refractivity contribution in [2.24, 2.45) is 10.2 Å². The molecule has 4 aliphatic rings. The number of anilines is 3. The summed E-state index contributed by atoms with van der Waals surface area (Å²) < 4.78 is 62.5. The van der Waals surface area contributed by atoms with Crippen molar-refractivity contribution in [2.75, 3.05) is 53.0 Å². The number of alkyl halides is 3. The Kier molecular flexibility index (Phi) is 21.2. The molecule has 0 fully saturated rings. The lowest BCUT2D eigenvalue weighted by atomic mass is 9.95. The molecule has 0 unspecified atom stereocenters. The van der Waals surface area contributed by atoms with Crippen LogP contribution >= 0.6 is 46.6 Å². The number of allylic oxidation sites excluding steroid dienone is 4. The van der Waals surface area contributed by atoms with Crippen LogP contribution in [0, 0.1) is 0 Å². The Hall–Kier alpha value is -6.89. The van der Waals surface area contributed by atoms with E-state index in [9.17, 15) is 32.3 Å². The van der Waals surface area contributed by atoms with E-state index < -0.39 is 17.6 Å². The molecule has 2 aliphatic heterocycles. The average molecular weight is 1150 g/mol. The maximum absolute atomic E-state index is 12.9. The molecule has 6 aromatic rings. The number of esters is 1. The highest BCUT2D eigenvalue weighted by molar-refractivity contribution is 8.14. The van der Waals surface area contributed by atoms with Crippen molar-refractivity contribution in [3.63, 3.8) is 0 Å². The molecule has 0 saturated heterocycles. The highest BCUT2D eigenvalue weighted by atomic mass is 32.2. The van der Waals surface area contributed by atoms with Crippen molar-refractivity contribution >= 4 is 115 Å². The van der Waals surface area contributed by atoms with Crippen LogP contribution in [0.1, 0.15) is 92.5 Å². The zero-order valence-electron chi connectivity index (χ0n) is 42.2. The number of halogens is 3. The van der Waals surface area contributed by atoms with Crippen LogP contribution in [-0.2, 0) is 44.7 Å². The summed E-state index contributed by atoms with van der Waals surface area (Å²) in [6.45, 7) is 8.23. The second kappa shape index (κ2) is 28.1. The minimum Gasteiger partial charge on any atom is -0.486 e. The molecule has 0 atom stereocenters. The fraction of sp³-hybridized carbons (Fsp3) is 0.352. The first-order valence-electron chi connectivity index (χ1n) is 24.7. The number of fused-ring (bicyclic) bond motifs is 3. The largest absolute Gasteiger partial charge is 0.486 e. The van der Waals surface area contributed by atoms with Crippen LogP contribution < -0.4 is 25.4 Å². The van der Waals surface area contributed by atoms with Crippen LogP contribution in [-0.4, -0.2) is 91.8 Å². The van der Waals surface area contributed by atoms with Crippen LogP contribution in [0.15, 0.2) is 109 Å². The third-order valence-corrected chi connectivity index (χ3v) is 15.6. The lowest BCUT2D eigenvalue weighted by Crippen LogP contribution is -2.18. The molecule has 0 saturated carbocycles. The van der Waals surface area contributed by atoms with Crippen molar-refractivity contribution in [3.8, 4) is 11.5 Å². The zero-order chi connectivity index (χ0) is 54.3. The molecule has 5 heterocycles. The average Bonchev–Trinajstić information content (AvgIpc) is 4.31. The van der Waals surface area contributed by atoms with Gasteiger partial charge in [-0.05, 0) is 94.3 Å². The predicted octanol–water partition coefficient (Wildman–Crippen LogP) is 12.4. The molecule has 412 valence electrons. The number of ether oxygens (including phenoxy) is 3. The number of hydrogen-bond acceptors (Lipinski definition) is 17. The first-order chi connectivity index (χ1) is 37.3. The van der Waals surface area contributed by atoms with E-state index in [1.54, 1.807) is 43.5 Å². The molecule has 24 heteroatoms. The number of carbonyl (C=O) groups excluding carboxylic acids is 4. The molecule has 3 amide bonds. The molecule has 0 radical (unpaired) electrons. The number of oxazole rings is 1. The van der Waals surface area contributed by atoms with Crippen LogP contribution in [0.3, 0.4) is 0 Å². The van der Waals surface area contributed by atoms with Crippen molar-refractivity contribution < 1.29 is 51.0 Å². The molecule has 2 aliphatic carbocycles. The number of aryl methyl sites for hydroxylation is 1. The Bertz CT molecular complexity index is 3210. The second-order valence-electron chi connectivity index (χ2n) is 17.2. The molecular weight excluding hydrogens is 1090 g/mol. The van der Waals surface area contributed by atoms with Gasteiger partial charge in [0.1, 0.15) is 28.8 Å². The number of thioether (sulfide) groups is 3. The van der Waals surface area contributed by atoms with Gasteiger partial charge in [-0.2, -0.15) is 18.3 Å². The SMILES string of the molecule is C.CCCn1c(SCC(=O)Nc2ccc3c(c2)OCCO3)nnc1C1=C(C)CC=C1.CCOC(=O)c1c(NC(=O)CSC2=NN=CC2)sc2c1CCCC2.O=C(CSc1nc2ccccc2o1)Nc1ccccc1C(F)(F)F. The molecule has 10 rings (SSSR count). The number of hydrogen-bond donors (Lipinski definition) is 3. The van der Waals surface area contributed by atoms with Gasteiger partial charge in [0, 0.05) is 41.4 Å². The Morgan fingerprint density at radius 3 is 2.31 bits per heavy atom. The monoisotopic (exact) mass is 1150 g/mol. The maximum Gasteiger partial charge on any atom is 0.418 e. The van der Waals surface area contributed by atoms with E-state index in [1.165, 1.54) is 63.5 Å². The summed E-state index contributed by atoms with van der Waals surface area (Å²) in [5.74, 6) is 1.49. The normalized spacial score (nSPS) is 14.1. The summed E-state index contributed by atoms with van der Waals surface area (Å²) in [5.41, 5.74) is 4.82. The first-order valence-corrected chi connectivity index (χ1v) is 28.4. The smallest absolute Gasteiger partial charge is 0.418 e. The number of carbonyl (C=O) groups is 4. The summed E-state index contributed by atoms with van der Waals surface area (Å²) in [5, 5.41) is 27.0. The van der Waals surface area contributed by atoms with Crippen molar-refractivity contribution in [1.82, 2.24) is 19.7 Å². The number of aromatic nitrogens is 4. The van der Waals surface area contributed by atoms with Gasteiger partial charge < -0.3 is 39.1 Å². The molecule has 3 aromatic heterocycles. The summed E-state index contributed by atoms with van der Waals surface area (Å²) in [4.78, 5) is 54.3. The maximum atomic E-state index is 12.9. The van der Waals surface area contributed by atoms with Gasteiger partial charge in [0.15, 0.2) is 28.1 Å². The Balaban J connectivity index is 0.000000170. The van der Waals surface area contributed by atoms with Crippen molar-refractivity contribution in [2.45, 2.75) is 96.2 Å². The lowest BCUT2D eigenvalue weighted by Gasteiger charge is -2.19. The summed E-state index contributed by atoms with van der Waals surface area (Å²) >= 11 is 5.29. The van der Waals surface area contributed by atoms with Gasteiger partial charge in [-0.25, -0.2) is 9.78 Å². The number of thiophene rings is 1. The number of para-hydroxylation sites is 3. The Labute approximate surface area is 465 Å². The lowest BCUT2D eigenvalue weighted by molar-refractivity contribution is -0.137. The van der Waals surface area contributed by atoms with Gasteiger partial charge in [0.2, 0.25) is 17.7 Å². The Morgan fingerprint density at radius 1 is 0.833 bits per heavy atom. The fourth-order valence-corrected chi connectivity index (χ4v) is 11.5. The minimum atomic E-state index is -4.53. The van der Waals surface area contributed by atoms with E-state index in [4.69, 9.17) is 18.6 Å². The van der Waals surface area contributed by atoms with E-state index in [0.717, 1.165) is 90.1 Å². The predicted molar refractivity (Wildman–Crippen MR) is 304 cm³/mol. The minimum absolute atomic E-state index is 0. The van der Waals surface area contributed by atoms with E-state index in [-0.39, 0.29) is 53.4 Å². The van der Waals surface area contributed by atoms with Crippen LogP contribution in [0.25, 0.3) is 16.7 Å². The van der Waals surface area contributed by atoms with E-state index in [1.807, 2.05) is 12.1 Å². The number of benzene rings is 3. The molecule has 3 aromatic carbocycles. The topological polar surface area (TPSA) is 214 Å². The van der Waals surface area contributed by atoms with Crippen LogP contribution in [0.5, 0.6) is 11.5 Å².